The van der Waals surface area contributed by atoms with Crippen molar-refractivity contribution in [1.82, 2.24) is 0 Å². The van der Waals surface area contributed by atoms with Crippen LogP contribution in [0.2, 0.25) is 0 Å². The van der Waals surface area contributed by atoms with Gasteiger partial charge in [0.05, 0.1) is 18.0 Å². The third-order valence-corrected chi connectivity index (χ3v) is 4.57. The molecule has 1 heterocycles. The lowest BCUT2D eigenvalue weighted by molar-refractivity contribution is 0.163. The highest BCUT2D eigenvalue weighted by atomic mass is 32.2. The minimum absolute atomic E-state index is 0.0341. The van der Waals surface area contributed by atoms with Crippen LogP contribution in [0.3, 0.4) is 0 Å². The van der Waals surface area contributed by atoms with E-state index in [1.807, 2.05) is 0 Å². The highest BCUT2D eigenvalue weighted by Gasteiger charge is 2.20. The molecule has 114 valence electrons. The van der Waals surface area contributed by atoms with E-state index in [0.29, 0.717) is 17.7 Å². The number of ether oxygens (including phenoxy) is 1. The number of nitrogens with one attached hydrogen (secondary N) is 1. The van der Waals surface area contributed by atoms with Crippen molar-refractivity contribution < 1.29 is 17.6 Å². The Morgan fingerprint density at radius 1 is 1.33 bits per heavy atom. The summed E-state index contributed by atoms with van der Waals surface area (Å²) in [6.45, 7) is 2.21. The number of hydrazine groups is 1. The molecule has 1 aromatic carbocycles. The summed E-state index contributed by atoms with van der Waals surface area (Å²) >= 11 is 0. The Balaban J connectivity index is 2.45. The van der Waals surface area contributed by atoms with Gasteiger partial charge in [0.1, 0.15) is 5.58 Å². The first kappa shape index (κ1) is 15.5. The summed E-state index contributed by atoms with van der Waals surface area (Å²) in [5.74, 6) is 5.00. The number of sulfone groups is 1. The fourth-order valence-electron chi connectivity index (χ4n) is 1.82. The minimum Gasteiger partial charge on any atom is -0.422 e. The van der Waals surface area contributed by atoms with Crippen molar-refractivity contribution in [2.24, 2.45) is 5.84 Å². The second-order valence-corrected chi connectivity index (χ2v) is 6.39. The van der Waals surface area contributed by atoms with Gasteiger partial charge in [0, 0.05) is 18.1 Å². The molecule has 2 rings (SSSR count). The Morgan fingerprint density at radius 3 is 2.76 bits per heavy atom. The molecular weight excluding hydrogens is 296 g/mol. The molecule has 2 aromatic rings. The van der Waals surface area contributed by atoms with Gasteiger partial charge in [-0.3, -0.25) is 5.84 Å². The fourth-order valence-corrected chi connectivity index (χ4v) is 2.98. The van der Waals surface area contributed by atoms with E-state index < -0.39 is 15.5 Å². The summed E-state index contributed by atoms with van der Waals surface area (Å²) in [6.07, 6.45) is 0. The molecule has 0 atom stereocenters. The summed E-state index contributed by atoms with van der Waals surface area (Å²) in [4.78, 5) is 11.5. The van der Waals surface area contributed by atoms with Gasteiger partial charge in [-0.05, 0) is 25.1 Å². The summed E-state index contributed by atoms with van der Waals surface area (Å²) in [5.41, 5.74) is 2.34. The maximum Gasteiger partial charge on any atom is 0.355 e. The molecule has 0 radical (unpaired) electrons. The maximum absolute atomic E-state index is 12.1. The zero-order chi connectivity index (χ0) is 15.5. The smallest absolute Gasteiger partial charge is 0.355 e. The van der Waals surface area contributed by atoms with E-state index in [-0.39, 0.29) is 22.8 Å². The number of nitrogen functional groups attached to an aromatic ring is 1. The van der Waals surface area contributed by atoms with Crippen LogP contribution in [-0.2, 0) is 14.6 Å². The number of anilines is 1. The predicted octanol–water partition coefficient (Wildman–Crippen LogP) is 0.889. The second-order valence-electron chi connectivity index (χ2n) is 4.31. The van der Waals surface area contributed by atoms with Crippen LogP contribution in [0.25, 0.3) is 11.0 Å². The normalized spacial score (nSPS) is 11.7. The van der Waals surface area contributed by atoms with Gasteiger partial charge in [-0.15, -0.1) is 0 Å². The van der Waals surface area contributed by atoms with E-state index in [4.69, 9.17) is 15.0 Å². The van der Waals surface area contributed by atoms with Crippen LogP contribution in [0.4, 0.5) is 5.69 Å². The second kappa shape index (κ2) is 6.25. The molecule has 7 nitrogen and oxygen atoms in total. The molecule has 0 spiro atoms. The van der Waals surface area contributed by atoms with Gasteiger partial charge in [-0.1, -0.05) is 0 Å². The number of benzene rings is 1. The van der Waals surface area contributed by atoms with Crippen LogP contribution in [-0.4, -0.2) is 27.4 Å². The zero-order valence-electron chi connectivity index (χ0n) is 11.5. The highest BCUT2D eigenvalue weighted by molar-refractivity contribution is 7.91. The van der Waals surface area contributed by atoms with Crippen LogP contribution in [0.1, 0.15) is 6.92 Å². The molecular formula is C13H16N2O5S. The van der Waals surface area contributed by atoms with Gasteiger partial charge in [0.2, 0.25) is 0 Å². The van der Waals surface area contributed by atoms with Gasteiger partial charge in [-0.2, -0.15) is 0 Å². The summed E-state index contributed by atoms with van der Waals surface area (Å²) in [5, 5.41) is 0.503. The lowest BCUT2D eigenvalue weighted by atomic mass is 10.2. The maximum atomic E-state index is 12.1. The SMILES string of the molecule is CCOCCS(=O)(=O)c1cc2ccc(NN)cc2oc1=O. The van der Waals surface area contributed by atoms with Crippen LogP contribution in [0.15, 0.2) is 38.4 Å². The lowest BCUT2D eigenvalue weighted by Gasteiger charge is -2.06. The van der Waals surface area contributed by atoms with E-state index in [1.165, 1.54) is 12.1 Å². The van der Waals surface area contributed by atoms with E-state index in [1.54, 1.807) is 19.1 Å². The van der Waals surface area contributed by atoms with E-state index >= 15 is 0 Å². The van der Waals surface area contributed by atoms with Crippen molar-refractivity contribution in [3.05, 3.63) is 34.7 Å². The summed E-state index contributed by atoms with van der Waals surface area (Å²) in [7, 11) is -3.74. The number of hydrogen-bond donors (Lipinski definition) is 2. The molecule has 0 saturated heterocycles. The number of nitrogens with two attached hydrogens (primary N) is 1. The van der Waals surface area contributed by atoms with Gasteiger partial charge in [-0.25, -0.2) is 13.2 Å². The molecule has 0 aliphatic heterocycles. The molecule has 0 fully saturated rings. The van der Waals surface area contributed by atoms with Gasteiger partial charge in [0.15, 0.2) is 14.7 Å². The summed E-state index contributed by atoms with van der Waals surface area (Å²) in [6, 6.07) is 6.10. The van der Waals surface area contributed by atoms with Crippen LogP contribution >= 0.6 is 0 Å². The molecule has 0 saturated carbocycles. The van der Waals surface area contributed by atoms with Gasteiger partial charge < -0.3 is 14.6 Å². The first-order valence-corrected chi connectivity index (χ1v) is 7.98. The molecule has 3 N–H and O–H groups in total. The molecule has 1 aromatic heterocycles. The number of hydrogen-bond acceptors (Lipinski definition) is 7. The first-order valence-electron chi connectivity index (χ1n) is 6.33. The van der Waals surface area contributed by atoms with E-state index in [2.05, 4.69) is 5.43 Å². The van der Waals surface area contributed by atoms with Gasteiger partial charge in [0.25, 0.3) is 0 Å². The largest absolute Gasteiger partial charge is 0.422 e. The zero-order valence-corrected chi connectivity index (χ0v) is 12.3. The van der Waals surface area contributed by atoms with Crippen molar-refractivity contribution in [2.75, 3.05) is 24.4 Å². The van der Waals surface area contributed by atoms with E-state index in [9.17, 15) is 13.2 Å². The topological polar surface area (TPSA) is 112 Å². The average molecular weight is 312 g/mol. The third kappa shape index (κ3) is 3.41. The minimum atomic E-state index is -3.74. The Kier molecular flexibility index (Phi) is 4.61. The number of fused-ring (bicyclic) bond motifs is 1. The first-order chi connectivity index (χ1) is 9.97. The third-order valence-electron chi connectivity index (χ3n) is 2.91. The monoisotopic (exact) mass is 312 g/mol. The Labute approximate surface area is 121 Å². The predicted molar refractivity (Wildman–Crippen MR) is 78.8 cm³/mol. The Morgan fingerprint density at radius 2 is 2.10 bits per heavy atom. The summed E-state index contributed by atoms with van der Waals surface area (Å²) < 4.78 is 34.3. The molecule has 21 heavy (non-hydrogen) atoms. The van der Waals surface area contributed by atoms with Crippen molar-refractivity contribution >= 4 is 26.5 Å². The Bertz CT molecular complexity index is 798. The van der Waals surface area contributed by atoms with Crippen LogP contribution < -0.4 is 16.9 Å². The molecule has 0 aliphatic rings. The molecule has 0 unspecified atom stereocenters. The standard InChI is InChI=1S/C13H16N2O5S/c1-2-19-5-6-21(17,18)12-7-9-3-4-10(15-14)8-11(9)20-13(12)16/h3-4,7-8,15H,2,5-6,14H2,1H3. The Hall–Kier alpha value is -1.90. The molecule has 0 aliphatic carbocycles. The lowest BCUT2D eigenvalue weighted by Crippen LogP contribution is -2.19. The molecule has 8 heteroatoms. The van der Waals surface area contributed by atoms with Crippen LogP contribution in [0.5, 0.6) is 0 Å². The van der Waals surface area contributed by atoms with Crippen LogP contribution in [0, 0.1) is 0 Å². The molecule has 0 amide bonds. The van der Waals surface area contributed by atoms with Gasteiger partial charge >= 0.3 is 5.63 Å². The number of rotatable bonds is 6. The van der Waals surface area contributed by atoms with Crippen molar-refractivity contribution in [2.45, 2.75) is 11.8 Å². The fraction of sp³-hybridized carbons (Fsp3) is 0.308. The average Bonchev–Trinajstić information content (AvgIpc) is 2.45. The van der Waals surface area contributed by atoms with Crippen molar-refractivity contribution in [3.63, 3.8) is 0 Å². The quantitative estimate of drug-likeness (QED) is 0.352. The molecule has 0 bridgehead atoms. The van der Waals surface area contributed by atoms with Crippen molar-refractivity contribution in [1.29, 1.82) is 0 Å². The highest BCUT2D eigenvalue weighted by Crippen LogP contribution is 2.20. The van der Waals surface area contributed by atoms with E-state index in [0.717, 1.165) is 0 Å². The van der Waals surface area contributed by atoms with Crippen molar-refractivity contribution in [3.8, 4) is 0 Å².